The van der Waals surface area contributed by atoms with Crippen molar-refractivity contribution < 1.29 is 38.9 Å². The minimum atomic E-state index is -2.12. The SMILES string of the molecule is Cc1ccc(C(=O)O[C@@H](C)[C@@H](OC(=O)c2ccc(C)cc2)C(C(=O)O)C(=O)O)cc1. The second-order valence-electron chi connectivity index (χ2n) is 6.87. The molecular formula is C22H22O8. The normalized spacial score (nSPS) is 12.7. The maximum Gasteiger partial charge on any atom is 0.338 e. The number of rotatable bonds is 8. The lowest BCUT2D eigenvalue weighted by atomic mass is 9.98. The number of hydrogen-bond donors (Lipinski definition) is 2. The molecule has 30 heavy (non-hydrogen) atoms. The highest BCUT2D eigenvalue weighted by Gasteiger charge is 2.43. The van der Waals surface area contributed by atoms with E-state index in [1.807, 2.05) is 13.8 Å². The Balaban J connectivity index is 2.27. The van der Waals surface area contributed by atoms with Crippen molar-refractivity contribution in [2.75, 3.05) is 0 Å². The lowest BCUT2D eigenvalue weighted by molar-refractivity contribution is -0.164. The van der Waals surface area contributed by atoms with E-state index in [9.17, 15) is 29.4 Å². The maximum absolute atomic E-state index is 12.5. The molecule has 0 heterocycles. The summed E-state index contributed by atoms with van der Waals surface area (Å²) in [6, 6.07) is 12.6. The van der Waals surface area contributed by atoms with Crippen molar-refractivity contribution in [2.24, 2.45) is 5.92 Å². The Hall–Kier alpha value is -3.68. The lowest BCUT2D eigenvalue weighted by Gasteiger charge is -2.27. The monoisotopic (exact) mass is 414 g/mol. The molecule has 0 saturated carbocycles. The van der Waals surface area contributed by atoms with Crippen LogP contribution in [0.2, 0.25) is 0 Å². The van der Waals surface area contributed by atoms with E-state index in [4.69, 9.17) is 9.47 Å². The van der Waals surface area contributed by atoms with Crippen molar-refractivity contribution in [3.05, 3.63) is 70.8 Å². The first-order chi connectivity index (χ1) is 14.1. The van der Waals surface area contributed by atoms with E-state index < -0.39 is 42.0 Å². The summed E-state index contributed by atoms with van der Waals surface area (Å²) in [5, 5.41) is 18.7. The van der Waals surface area contributed by atoms with Gasteiger partial charge in [0.15, 0.2) is 12.0 Å². The minimum absolute atomic E-state index is 0.109. The summed E-state index contributed by atoms with van der Waals surface area (Å²) in [6.07, 6.45) is -3.09. The Morgan fingerprint density at radius 1 is 0.700 bits per heavy atom. The zero-order chi connectivity index (χ0) is 22.4. The lowest BCUT2D eigenvalue weighted by Crippen LogP contribution is -2.46. The molecule has 158 valence electrons. The van der Waals surface area contributed by atoms with E-state index in [-0.39, 0.29) is 11.1 Å². The van der Waals surface area contributed by atoms with Gasteiger partial charge in [-0.2, -0.15) is 0 Å². The number of aryl methyl sites for hydroxylation is 2. The van der Waals surface area contributed by atoms with Gasteiger partial charge in [-0.05, 0) is 45.0 Å². The van der Waals surface area contributed by atoms with Crippen LogP contribution in [0.5, 0.6) is 0 Å². The van der Waals surface area contributed by atoms with Gasteiger partial charge in [0.1, 0.15) is 6.10 Å². The third-order valence-corrected chi connectivity index (χ3v) is 4.43. The number of benzene rings is 2. The van der Waals surface area contributed by atoms with Crippen LogP contribution in [0.1, 0.15) is 38.8 Å². The first-order valence-electron chi connectivity index (χ1n) is 9.11. The summed E-state index contributed by atoms with van der Waals surface area (Å²) in [5.74, 6) is -7.29. The number of carbonyl (C=O) groups excluding carboxylic acids is 2. The van der Waals surface area contributed by atoms with Gasteiger partial charge in [-0.15, -0.1) is 0 Å². The molecule has 8 nitrogen and oxygen atoms in total. The molecule has 8 heteroatoms. The van der Waals surface area contributed by atoms with Crippen molar-refractivity contribution in [3.8, 4) is 0 Å². The smallest absolute Gasteiger partial charge is 0.338 e. The average molecular weight is 414 g/mol. The zero-order valence-electron chi connectivity index (χ0n) is 16.7. The molecule has 2 atom stereocenters. The van der Waals surface area contributed by atoms with Crippen molar-refractivity contribution in [3.63, 3.8) is 0 Å². The van der Waals surface area contributed by atoms with Gasteiger partial charge in [-0.3, -0.25) is 9.59 Å². The molecule has 2 N–H and O–H groups in total. The van der Waals surface area contributed by atoms with Gasteiger partial charge < -0.3 is 19.7 Å². The fraction of sp³-hybridized carbons (Fsp3) is 0.273. The Bertz CT molecular complexity index is 917. The van der Waals surface area contributed by atoms with Gasteiger partial charge in [-0.25, -0.2) is 9.59 Å². The summed E-state index contributed by atoms with van der Waals surface area (Å²) in [4.78, 5) is 47.9. The summed E-state index contributed by atoms with van der Waals surface area (Å²) in [5.41, 5.74) is 2.11. The topological polar surface area (TPSA) is 127 Å². The summed E-state index contributed by atoms with van der Waals surface area (Å²) >= 11 is 0. The fourth-order valence-electron chi connectivity index (χ4n) is 2.70. The zero-order valence-corrected chi connectivity index (χ0v) is 16.7. The predicted octanol–water partition coefficient (Wildman–Crippen LogP) is 2.86. The van der Waals surface area contributed by atoms with Crippen LogP contribution < -0.4 is 0 Å². The highest BCUT2D eigenvalue weighted by atomic mass is 16.6. The van der Waals surface area contributed by atoms with E-state index >= 15 is 0 Å². The second-order valence-corrected chi connectivity index (χ2v) is 6.87. The maximum atomic E-state index is 12.5. The van der Waals surface area contributed by atoms with Gasteiger partial charge in [0.25, 0.3) is 0 Å². The van der Waals surface area contributed by atoms with E-state index in [1.54, 1.807) is 24.3 Å². The molecule has 0 aromatic heterocycles. The summed E-state index contributed by atoms with van der Waals surface area (Å²) < 4.78 is 10.4. The van der Waals surface area contributed by atoms with Crippen LogP contribution in [0.15, 0.2) is 48.5 Å². The Kier molecular flexibility index (Phi) is 7.30. The number of hydrogen-bond acceptors (Lipinski definition) is 6. The van der Waals surface area contributed by atoms with E-state index in [0.29, 0.717) is 0 Å². The molecule has 0 unspecified atom stereocenters. The number of carboxylic acids is 2. The Morgan fingerprint density at radius 2 is 1.07 bits per heavy atom. The van der Waals surface area contributed by atoms with Gasteiger partial charge in [-0.1, -0.05) is 35.4 Å². The van der Waals surface area contributed by atoms with Crippen LogP contribution in [0.3, 0.4) is 0 Å². The third-order valence-electron chi connectivity index (χ3n) is 4.43. The Labute approximate surface area is 173 Å². The molecule has 0 radical (unpaired) electrons. The molecule has 0 aliphatic heterocycles. The number of carboxylic acid groups (broad SMARTS) is 2. The number of carbonyl (C=O) groups is 4. The first-order valence-corrected chi connectivity index (χ1v) is 9.11. The molecular weight excluding hydrogens is 392 g/mol. The van der Waals surface area contributed by atoms with Gasteiger partial charge in [0, 0.05) is 0 Å². The molecule has 0 aliphatic carbocycles. The van der Waals surface area contributed by atoms with Crippen molar-refractivity contribution in [1.29, 1.82) is 0 Å². The molecule has 0 fully saturated rings. The quantitative estimate of drug-likeness (QED) is 0.499. The highest BCUT2D eigenvalue weighted by molar-refractivity contribution is 5.95. The Morgan fingerprint density at radius 3 is 1.43 bits per heavy atom. The van der Waals surface area contributed by atoms with Gasteiger partial charge in [0.05, 0.1) is 11.1 Å². The number of esters is 2. The van der Waals surface area contributed by atoms with Crippen LogP contribution in [0, 0.1) is 19.8 Å². The van der Waals surface area contributed by atoms with Crippen LogP contribution in [0.25, 0.3) is 0 Å². The molecule has 2 aromatic rings. The molecule has 0 spiro atoms. The minimum Gasteiger partial charge on any atom is -0.480 e. The van der Waals surface area contributed by atoms with E-state index in [0.717, 1.165) is 11.1 Å². The van der Waals surface area contributed by atoms with E-state index in [1.165, 1.54) is 31.2 Å². The molecule has 0 saturated heterocycles. The number of aliphatic carboxylic acids is 2. The first kappa shape index (κ1) is 22.6. The largest absolute Gasteiger partial charge is 0.480 e. The van der Waals surface area contributed by atoms with Gasteiger partial charge >= 0.3 is 23.9 Å². The van der Waals surface area contributed by atoms with E-state index in [2.05, 4.69) is 0 Å². The molecule has 2 rings (SSSR count). The van der Waals surface area contributed by atoms with Crippen LogP contribution in [0.4, 0.5) is 0 Å². The molecule has 0 aliphatic rings. The van der Waals surface area contributed by atoms with Gasteiger partial charge in [0.2, 0.25) is 0 Å². The summed E-state index contributed by atoms with van der Waals surface area (Å²) in [6.45, 7) is 4.93. The standard InChI is InChI=1S/C22H22O8/c1-12-4-8-15(9-5-12)21(27)29-14(3)18(17(19(23)24)20(25)26)30-22(28)16-10-6-13(2)7-11-16/h4-11,14,17-18H,1-3H3,(H,23,24)(H,25,26)/t14-,18+/m0/s1. The van der Waals surface area contributed by atoms with Crippen LogP contribution in [-0.4, -0.2) is 46.3 Å². The summed E-state index contributed by atoms with van der Waals surface area (Å²) in [7, 11) is 0. The van der Waals surface area contributed by atoms with Crippen LogP contribution >= 0.6 is 0 Å². The van der Waals surface area contributed by atoms with Crippen molar-refractivity contribution in [1.82, 2.24) is 0 Å². The fourth-order valence-corrected chi connectivity index (χ4v) is 2.70. The van der Waals surface area contributed by atoms with Crippen molar-refractivity contribution in [2.45, 2.75) is 33.0 Å². The number of ether oxygens (including phenoxy) is 2. The highest BCUT2D eigenvalue weighted by Crippen LogP contribution is 2.20. The molecule has 0 bridgehead atoms. The van der Waals surface area contributed by atoms with Crippen LogP contribution in [-0.2, 0) is 19.1 Å². The third kappa shape index (κ3) is 5.66. The molecule has 2 aromatic carbocycles. The predicted molar refractivity (Wildman–Crippen MR) is 105 cm³/mol. The second kappa shape index (κ2) is 9.69. The van der Waals surface area contributed by atoms with Crippen molar-refractivity contribution >= 4 is 23.9 Å². The average Bonchev–Trinajstić information content (AvgIpc) is 2.67. The molecule has 0 amide bonds.